The van der Waals surface area contributed by atoms with E-state index in [-0.39, 0.29) is 18.7 Å². The predicted octanol–water partition coefficient (Wildman–Crippen LogP) is 0.118. The number of nitrogens with zero attached hydrogens (tertiary/aromatic N) is 1. The van der Waals surface area contributed by atoms with Crippen molar-refractivity contribution in [2.45, 2.75) is 4.90 Å². The third-order valence-corrected chi connectivity index (χ3v) is 4.79. The molecule has 19 heavy (non-hydrogen) atoms. The second-order valence-corrected chi connectivity index (χ2v) is 6.01. The number of benzene rings is 1. The van der Waals surface area contributed by atoms with Crippen molar-refractivity contribution in [1.29, 1.82) is 0 Å². The first-order valence-corrected chi connectivity index (χ1v) is 7.10. The summed E-state index contributed by atoms with van der Waals surface area (Å²) in [6.45, 7) is 1.44. The molecular weight excluding hydrogens is 275 g/mol. The van der Waals surface area contributed by atoms with E-state index >= 15 is 0 Å². The van der Waals surface area contributed by atoms with Gasteiger partial charge in [0.15, 0.2) is 0 Å². The van der Waals surface area contributed by atoms with E-state index in [1.165, 1.54) is 0 Å². The van der Waals surface area contributed by atoms with E-state index in [4.69, 9.17) is 5.11 Å². The van der Waals surface area contributed by atoms with Gasteiger partial charge in [-0.25, -0.2) is 17.6 Å². The van der Waals surface area contributed by atoms with Crippen LogP contribution in [0.3, 0.4) is 0 Å². The lowest BCUT2D eigenvalue weighted by Gasteiger charge is -2.26. The Labute approximate surface area is 109 Å². The molecular formula is C11H13FN2O4S. The molecule has 6 nitrogen and oxygen atoms in total. The summed E-state index contributed by atoms with van der Waals surface area (Å²) in [5.41, 5.74) is -0.255. The monoisotopic (exact) mass is 288 g/mol. The quantitative estimate of drug-likeness (QED) is 0.825. The largest absolute Gasteiger partial charge is 0.478 e. The average molecular weight is 288 g/mol. The Bertz CT molecular complexity index is 597. The van der Waals surface area contributed by atoms with Crippen molar-refractivity contribution in [2.24, 2.45) is 0 Å². The summed E-state index contributed by atoms with van der Waals surface area (Å²) in [7, 11) is -3.99. The minimum atomic E-state index is -3.99. The Morgan fingerprint density at radius 2 is 1.95 bits per heavy atom. The van der Waals surface area contributed by atoms with Crippen LogP contribution in [0.2, 0.25) is 0 Å². The molecule has 104 valence electrons. The van der Waals surface area contributed by atoms with E-state index in [1.54, 1.807) is 0 Å². The van der Waals surface area contributed by atoms with Gasteiger partial charge in [-0.05, 0) is 18.2 Å². The molecule has 0 saturated carbocycles. The first kappa shape index (κ1) is 13.9. The molecule has 1 heterocycles. The normalized spacial score (nSPS) is 17.3. The third-order valence-electron chi connectivity index (χ3n) is 2.87. The van der Waals surface area contributed by atoms with Crippen molar-refractivity contribution in [2.75, 3.05) is 26.2 Å². The van der Waals surface area contributed by atoms with Crippen LogP contribution in [0, 0.1) is 5.82 Å². The molecule has 0 amide bonds. The van der Waals surface area contributed by atoms with Crippen LogP contribution in [0.25, 0.3) is 0 Å². The number of hydrogen-bond donors (Lipinski definition) is 2. The van der Waals surface area contributed by atoms with Gasteiger partial charge in [-0.2, -0.15) is 4.31 Å². The highest BCUT2D eigenvalue weighted by Gasteiger charge is 2.29. The Morgan fingerprint density at radius 1 is 1.32 bits per heavy atom. The number of carboxylic acid groups (broad SMARTS) is 1. The van der Waals surface area contributed by atoms with E-state index in [2.05, 4.69) is 5.32 Å². The Hall–Kier alpha value is -1.51. The summed E-state index contributed by atoms with van der Waals surface area (Å²) in [4.78, 5) is 10.2. The van der Waals surface area contributed by atoms with Gasteiger partial charge in [-0.3, -0.25) is 0 Å². The van der Waals surface area contributed by atoms with Crippen LogP contribution in [0.1, 0.15) is 10.4 Å². The molecule has 0 bridgehead atoms. The standard InChI is InChI=1S/C11H13FN2O4S/c12-9-2-1-8(11(15)16)7-10(9)19(17,18)14-5-3-13-4-6-14/h1-2,7,13H,3-6H2,(H,15,16). The van der Waals surface area contributed by atoms with Gasteiger partial charge < -0.3 is 10.4 Å². The topological polar surface area (TPSA) is 86.7 Å². The summed E-state index contributed by atoms with van der Waals surface area (Å²) >= 11 is 0. The number of rotatable bonds is 3. The molecule has 1 fully saturated rings. The van der Waals surface area contributed by atoms with Gasteiger partial charge in [0.2, 0.25) is 10.0 Å². The minimum absolute atomic E-state index is 0.235. The first-order valence-electron chi connectivity index (χ1n) is 5.66. The fourth-order valence-corrected chi connectivity index (χ4v) is 3.39. The fraction of sp³-hybridized carbons (Fsp3) is 0.364. The van der Waals surface area contributed by atoms with Crippen LogP contribution >= 0.6 is 0 Å². The van der Waals surface area contributed by atoms with Crippen molar-refractivity contribution >= 4 is 16.0 Å². The van der Waals surface area contributed by atoms with Gasteiger partial charge in [0, 0.05) is 26.2 Å². The number of hydrogen-bond acceptors (Lipinski definition) is 4. The molecule has 0 aromatic heterocycles. The minimum Gasteiger partial charge on any atom is -0.478 e. The second kappa shape index (κ2) is 5.24. The molecule has 1 aliphatic heterocycles. The van der Waals surface area contributed by atoms with Crippen LogP contribution < -0.4 is 5.32 Å². The van der Waals surface area contributed by atoms with Crippen LogP contribution in [-0.4, -0.2) is 50.0 Å². The average Bonchev–Trinajstić information content (AvgIpc) is 2.39. The molecule has 1 aliphatic rings. The lowest BCUT2D eigenvalue weighted by Crippen LogP contribution is -2.46. The Balaban J connectivity index is 2.44. The van der Waals surface area contributed by atoms with Gasteiger partial charge in [-0.1, -0.05) is 0 Å². The van der Waals surface area contributed by atoms with Gasteiger partial charge in [0.05, 0.1) is 5.56 Å². The predicted molar refractivity (Wildman–Crippen MR) is 65.0 cm³/mol. The Morgan fingerprint density at radius 3 is 2.53 bits per heavy atom. The van der Waals surface area contributed by atoms with Gasteiger partial charge in [0.25, 0.3) is 0 Å². The molecule has 8 heteroatoms. The number of nitrogens with one attached hydrogen (secondary N) is 1. The lowest BCUT2D eigenvalue weighted by atomic mass is 10.2. The molecule has 0 atom stereocenters. The molecule has 1 aromatic rings. The molecule has 2 rings (SSSR count). The zero-order valence-corrected chi connectivity index (χ0v) is 10.8. The highest BCUT2D eigenvalue weighted by Crippen LogP contribution is 2.21. The van der Waals surface area contributed by atoms with Crippen molar-refractivity contribution < 1.29 is 22.7 Å². The van der Waals surface area contributed by atoms with Crippen LogP contribution in [0.5, 0.6) is 0 Å². The highest BCUT2D eigenvalue weighted by atomic mass is 32.2. The maximum Gasteiger partial charge on any atom is 0.335 e. The lowest BCUT2D eigenvalue weighted by molar-refractivity contribution is 0.0696. The number of carbonyl (C=O) groups is 1. The van der Waals surface area contributed by atoms with E-state index in [0.29, 0.717) is 13.1 Å². The summed E-state index contributed by atoms with van der Waals surface area (Å²) in [6, 6.07) is 2.75. The van der Waals surface area contributed by atoms with Gasteiger partial charge in [0.1, 0.15) is 10.7 Å². The molecule has 0 radical (unpaired) electrons. The molecule has 0 aliphatic carbocycles. The van der Waals surface area contributed by atoms with Crippen molar-refractivity contribution in [1.82, 2.24) is 9.62 Å². The van der Waals surface area contributed by atoms with E-state index < -0.39 is 26.7 Å². The van der Waals surface area contributed by atoms with Crippen LogP contribution in [-0.2, 0) is 10.0 Å². The number of sulfonamides is 1. The molecule has 0 spiro atoms. The van der Waals surface area contributed by atoms with Gasteiger partial charge >= 0.3 is 5.97 Å². The Kier molecular flexibility index (Phi) is 3.83. The SMILES string of the molecule is O=C(O)c1ccc(F)c(S(=O)(=O)N2CCNCC2)c1. The number of aromatic carboxylic acids is 1. The summed E-state index contributed by atoms with van der Waals surface area (Å²) in [5.74, 6) is -2.24. The van der Waals surface area contributed by atoms with E-state index in [1.807, 2.05) is 0 Å². The second-order valence-electron chi connectivity index (χ2n) is 4.10. The van der Waals surface area contributed by atoms with Crippen molar-refractivity contribution in [3.63, 3.8) is 0 Å². The molecule has 1 saturated heterocycles. The molecule has 0 unspecified atom stereocenters. The maximum atomic E-state index is 13.7. The molecule has 1 aromatic carbocycles. The smallest absolute Gasteiger partial charge is 0.335 e. The summed E-state index contributed by atoms with van der Waals surface area (Å²) in [5, 5.41) is 11.8. The number of halogens is 1. The third kappa shape index (κ3) is 2.75. The van der Waals surface area contributed by atoms with Crippen LogP contribution in [0.4, 0.5) is 4.39 Å². The van der Waals surface area contributed by atoms with Crippen molar-refractivity contribution in [3.05, 3.63) is 29.6 Å². The first-order chi connectivity index (χ1) is 8.93. The molecule has 2 N–H and O–H groups in total. The zero-order chi connectivity index (χ0) is 14.0. The number of piperazine rings is 1. The van der Waals surface area contributed by atoms with Crippen molar-refractivity contribution in [3.8, 4) is 0 Å². The van der Waals surface area contributed by atoms with E-state index in [9.17, 15) is 17.6 Å². The zero-order valence-electron chi connectivity index (χ0n) is 9.97. The maximum absolute atomic E-state index is 13.7. The highest BCUT2D eigenvalue weighted by molar-refractivity contribution is 7.89. The van der Waals surface area contributed by atoms with Crippen LogP contribution in [0.15, 0.2) is 23.1 Å². The summed E-state index contributed by atoms with van der Waals surface area (Å²) < 4.78 is 39.3. The van der Waals surface area contributed by atoms with E-state index in [0.717, 1.165) is 22.5 Å². The van der Waals surface area contributed by atoms with Gasteiger partial charge in [-0.15, -0.1) is 0 Å². The fourth-order valence-electron chi connectivity index (χ4n) is 1.86. The summed E-state index contributed by atoms with van der Waals surface area (Å²) in [6.07, 6.45) is 0. The number of carboxylic acids is 1.